The van der Waals surface area contributed by atoms with Crippen LogP contribution in [0.15, 0.2) is 48.5 Å². The van der Waals surface area contributed by atoms with Crippen LogP contribution in [0.2, 0.25) is 0 Å². The monoisotopic (exact) mass is 349 g/mol. The Hall–Kier alpha value is -2.33. The number of rotatable bonds is 3. The minimum Gasteiger partial charge on any atom is -0.362 e. The molecule has 2 N–H and O–H groups in total. The number of likely N-dealkylation sites (tertiary alicyclic amines) is 1. The summed E-state index contributed by atoms with van der Waals surface area (Å²) in [5.74, 6) is 0.611. The van der Waals surface area contributed by atoms with Crippen molar-refractivity contribution in [2.24, 2.45) is 0 Å². The second-order valence-corrected chi connectivity index (χ2v) is 7.88. The molecule has 0 aromatic heterocycles. The average Bonchev–Trinajstić information content (AvgIpc) is 2.64. The molecule has 1 saturated heterocycles. The van der Waals surface area contributed by atoms with E-state index >= 15 is 0 Å². The van der Waals surface area contributed by atoms with Gasteiger partial charge in [0.05, 0.1) is 5.56 Å². The summed E-state index contributed by atoms with van der Waals surface area (Å²) in [5, 5.41) is 6.80. The zero-order valence-corrected chi connectivity index (χ0v) is 15.6. The first kappa shape index (κ1) is 17.1. The standard InChI is InChI=1S/C22H27N3O/c1-16(2)18-9-7-17(8-10-18)15-25-13-11-22(12-14-25)23-20-6-4-3-5-19(20)21(26)24-22/h3-10,16,23H,11-15H2,1-2H3,(H,24,26). The normalized spacial score (nSPS) is 19.1. The molecule has 4 heteroatoms. The largest absolute Gasteiger partial charge is 0.362 e. The first-order chi connectivity index (χ1) is 12.5. The zero-order valence-electron chi connectivity index (χ0n) is 15.6. The molecule has 0 unspecified atom stereocenters. The van der Waals surface area contributed by atoms with E-state index in [1.54, 1.807) is 0 Å². The number of nitrogens with zero attached hydrogens (tertiary/aromatic N) is 1. The summed E-state index contributed by atoms with van der Waals surface area (Å²) in [6.07, 6.45) is 1.83. The predicted octanol–water partition coefficient (Wildman–Crippen LogP) is 3.96. The van der Waals surface area contributed by atoms with Gasteiger partial charge in [0.25, 0.3) is 5.91 Å². The lowest BCUT2D eigenvalue weighted by Crippen LogP contribution is -2.62. The van der Waals surface area contributed by atoms with Crippen LogP contribution in [-0.2, 0) is 6.54 Å². The van der Waals surface area contributed by atoms with Gasteiger partial charge in [0.1, 0.15) is 5.66 Å². The topological polar surface area (TPSA) is 44.4 Å². The van der Waals surface area contributed by atoms with E-state index in [9.17, 15) is 4.79 Å². The van der Waals surface area contributed by atoms with Gasteiger partial charge in [-0.3, -0.25) is 9.69 Å². The summed E-state index contributed by atoms with van der Waals surface area (Å²) in [4.78, 5) is 14.9. The summed E-state index contributed by atoms with van der Waals surface area (Å²) < 4.78 is 0. The van der Waals surface area contributed by atoms with Crippen LogP contribution in [-0.4, -0.2) is 29.6 Å². The maximum atomic E-state index is 12.5. The van der Waals surface area contributed by atoms with E-state index < -0.39 is 0 Å². The third kappa shape index (κ3) is 3.34. The number of fused-ring (bicyclic) bond motifs is 1. The lowest BCUT2D eigenvalue weighted by molar-refractivity contribution is 0.0822. The van der Waals surface area contributed by atoms with Gasteiger partial charge in [-0.15, -0.1) is 0 Å². The number of carbonyl (C=O) groups excluding carboxylic acids is 1. The van der Waals surface area contributed by atoms with Crippen LogP contribution >= 0.6 is 0 Å². The molecule has 2 aromatic rings. The second-order valence-electron chi connectivity index (χ2n) is 7.88. The smallest absolute Gasteiger partial charge is 0.255 e. The Morgan fingerprint density at radius 3 is 2.38 bits per heavy atom. The van der Waals surface area contributed by atoms with Crippen LogP contribution in [0.4, 0.5) is 5.69 Å². The molecule has 0 aliphatic carbocycles. The van der Waals surface area contributed by atoms with E-state index in [2.05, 4.69) is 53.6 Å². The maximum absolute atomic E-state index is 12.5. The third-order valence-corrected chi connectivity index (χ3v) is 5.66. The summed E-state index contributed by atoms with van der Waals surface area (Å²) in [6, 6.07) is 16.7. The van der Waals surface area contributed by atoms with E-state index in [1.165, 1.54) is 11.1 Å². The van der Waals surface area contributed by atoms with Crippen molar-refractivity contribution in [1.29, 1.82) is 0 Å². The Morgan fingerprint density at radius 2 is 1.69 bits per heavy atom. The highest BCUT2D eigenvalue weighted by molar-refractivity contribution is 6.02. The summed E-state index contributed by atoms with van der Waals surface area (Å²) in [5.41, 5.74) is 4.14. The quantitative estimate of drug-likeness (QED) is 0.882. The van der Waals surface area contributed by atoms with Crippen LogP contribution in [0.1, 0.15) is 54.1 Å². The fourth-order valence-corrected chi connectivity index (χ4v) is 3.97. The Labute approximate surface area is 155 Å². The number of hydrogen-bond acceptors (Lipinski definition) is 3. The zero-order chi connectivity index (χ0) is 18.1. The minimum absolute atomic E-state index is 0.0390. The second kappa shape index (κ2) is 6.76. The van der Waals surface area contributed by atoms with E-state index in [0.717, 1.165) is 43.7 Å². The maximum Gasteiger partial charge on any atom is 0.255 e. The molecule has 2 aromatic carbocycles. The molecule has 2 aliphatic rings. The number of amides is 1. The minimum atomic E-state index is -0.302. The molecule has 26 heavy (non-hydrogen) atoms. The van der Waals surface area contributed by atoms with Crippen molar-refractivity contribution in [3.8, 4) is 0 Å². The van der Waals surface area contributed by atoms with E-state index in [1.807, 2.05) is 24.3 Å². The highest BCUT2D eigenvalue weighted by atomic mass is 16.2. The molecule has 0 saturated carbocycles. The lowest BCUT2D eigenvalue weighted by Gasteiger charge is -2.46. The molecule has 2 heterocycles. The molecule has 4 nitrogen and oxygen atoms in total. The molecule has 136 valence electrons. The van der Waals surface area contributed by atoms with E-state index in [4.69, 9.17) is 0 Å². The van der Waals surface area contributed by atoms with Gasteiger partial charge < -0.3 is 10.6 Å². The fourth-order valence-electron chi connectivity index (χ4n) is 3.97. The fraction of sp³-hybridized carbons (Fsp3) is 0.409. The molecule has 0 atom stereocenters. The first-order valence-corrected chi connectivity index (χ1v) is 9.56. The van der Waals surface area contributed by atoms with Crippen LogP contribution in [0.25, 0.3) is 0 Å². The van der Waals surface area contributed by atoms with Crippen LogP contribution < -0.4 is 10.6 Å². The van der Waals surface area contributed by atoms with Gasteiger partial charge in [-0.05, 0) is 29.2 Å². The summed E-state index contributed by atoms with van der Waals surface area (Å²) >= 11 is 0. The molecule has 4 rings (SSSR count). The van der Waals surface area contributed by atoms with Crippen molar-refractivity contribution in [2.45, 2.75) is 44.8 Å². The van der Waals surface area contributed by atoms with Crippen molar-refractivity contribution in [3.63, 3.8) is 0 Å². The van der Waals surface area contributed by atoms with E-state index in [0.29, 0.717) is 5.92 Å². The van der Waals surface area contributed by atoms with Crippen LogP contribution in [0.5, 0.6) is 0 Å². The highest BCUT2D eigenvalue weighted by Gasteiger charge is 2.39. The van der Waals surface area contributed by atoms with Gasteiger partial charge in [-0.25, -0.2) is 0 Å². The lowest BCUT2D eigenvalue weighted by atomic mass is 9.92. The summed E-state index contributed by atoms with van der Waals surface area (Å²) in [6.45, 7) is 7.37. The molecule has 1 fully saturated rings. The SMILES string of the molecule is CC(C)c1ccc(CN2CCC3(CC2)NC(=O)c2ccccc2N3)cc1. The number of hydrogen-bond donors (Lipinski definition) is 2. The molecule has 0 radical (unpaired) electrons. The van der Waals surface area contributed by atoms with Crippen molar-refractivity contribution >= 4 is 11.6 Å². The molecular weight excluding hydrogens is 322 g/mol. The van der Waals surface area contributed by atoms with Crippen molar-refractivity contribution in [1.82, 2.24) is 10.2 Å². The van der Waals surface area contributed by atoms with Gasteiger partial charge in [0, 0.05) is 38.2 Å². The average molecular weight is 349 g/mol. The third-order valence-electron chi connectivity index (χ3n) is 5.66. The Kier molecular flexibility index (Phi) is 4.45. The number of anilines is 1. The van der Waals surface area contributed by atoms with Gasteiger partial charge >= 0.3 is 0 Å². The van der Waals surface area contributed by atoms with Gasteiger partial charge in [-0.2, -0.15) is 0 Å². The van der Waals surface area contributed by atoms with Crippen LogP contribution in [0.3, 0.4) is 0 Å². The van der Waals surface area contributed by atoms with Crippen LogP contribution in [0, 0.1) is 0 Å². The Bertz CT molecular complexity index is 789. The molecule has 0 bridgehead atoms. The molecule has 1 amide bonds. The van der Waals surface area contributed by atoms with Crippen molar-refractivity contribution in [3.05, 3.63) is 65.2 Å². The predicted molar refractivity (Wildman–Crippen MR) is 105 cm³/mol. The van der Waals surface area contributed by atoms with Crippen molar-refractivity contribution < 1.29 is 4.79 Å². The number of carbonyl (C=O) groups is 1. The highest BCUT2D eigenvalue weighted by Crippen LogP contribution is 2.31. The number of piperidine rings is 1. The number of benzene rings is 2. The van der Waals surface area contributed by atoms with Gasteiger partial charge in [-0.1, -0.05) is 50.2 Å². The summed E-state index contributed by atoms with van der Waals surface area (Å²) in [7, 11) is 0. The Morgan fingerprint density at radius 1 is 1.00 bits per heavy atom. The first-order valence-electron chi connectivity index (χ1n) is 9.56. The number of para-hydroxylation sites is 1. The van der Waals surface area contributed by atoms with Gasteiger partial charge in [0.15, 0.2) is 0 Å². The Balaban J connectivity index is 1.39. The number of nitrogens with one attached hydrogen (secondary N) is 2. The van der Waals surface area contributed by atoms with Crippen molar-refractivity contribution in [2.75, 3.05) is 18.4 Å². The van der Waals surface area contributed by atoms with E-state index in [-0.39, 0.29) is 11.6 Å². The molecular formula is C22H27N3O. The van der Waals surface area contributed by atoms with Gasteiger partial charge in [0.2, 0.25) is 0 Å². The molecule has 1 spiro atoms. The molecule has 2 aliphatic heterocycles.